The van der Waals surface area contributed by atoms with E-state index in [0.29, 0.717) is 5.41 Å². The molecule has 0 aromatic heterocycles. The molecule has 1 unspecified atom stereocenters. The van der Waals surface area contributed by atoms with Crippen LogP contribution in [0.3, 0.4) is 0 Å². The van der Waals surface area contributed by atoms with Gasteiger partial charge >= 0.3 is 0 Å². The molecule has 1 N–H and O–H groups in total. The van der Waals surface area contributed by atoms with Crippen LogP contribution < -0.4 is 5.32 Å². The minimum Gasteiger partial charge on any atom is -0.316 e. The van der Waals surface area contributed by atoms with Gasteiger partial charge in [0, 0.05) is 13.1 Å². The first-order valence-corrected chi connectivity index (χ1v) is 6.97. The van der Waals surface area contributed by atoms with Crippen LogP contribution in [-0.4, -0.2) is 38.1 Å². The Morgan fingerprint density at radius 2 is 1.81 bits per heavy atom. The Hall–Kier alpha value is -0.0800. The van der Waals surface area contributed by atoms with Crippen molar-refractivity contribution in [2.75, 3.05) is 33.2 Å². The molecule has 0 aliphatic carbocycles. The number of hydrogen-bond acceptors (Lipinski definition) is 2. The molecule has 1 atom stereocenters. The number of nitrogens with one attached hydrogen (secondary N) is 1. The van der Waals surface area contributed by atoms with Gasteiger partial charge in [-0.15, -0.1) is 0 Å². The lowest BCUT2D eigenvalue weighted by Gasteiger charge is -2.34. The molecule has 0 heterocycles. The van der Waals surface area contributed by atoms with Gasteiger partial charge in [0.2, 0.25) is 0 Å². The van der Waals surface area contributed by atoms with Gasteiger partial charge in [-0.2, -0.15) is 0 Å². The highest BCUT2D eigenvalue weighted by Crippen LogP contribution is 2.23. The Kier molecular flexibility index (Phi) is 8.96. The summed E-state index contributed by atoms with van der Waals surface area (Å²) in [6, 6.07) is 0. The summed E-state index contributed by atoms with van der Waals surface area (Å²) in [5.41, 5.74) is 0.438. The summed E-state index contributed by atoms with van der Waals surface area (Å²) in [5.74, 6) is 0. The standard InChI is InChI=1S/C14H32N2/c1-6-9-11-16(5)13-14(4,10-7-2)12-15-8-3/h15H,6-13H2,1-5H3. The third-order valence-corrected chi connectivity index (χ3v) is 3.20. The maximum atomic E-state index is 3.51. The quantitative estimate of drug-likeness (QED) is 0.618. The molecule has 0 amide bonds. The second kappa shape index (κ2) is 9.00. The lowest BCUT2D eigenvalue weighted by Crippen LogP contribution is -2.41. The maximum absolute atomic E-state index is 3.51. The first kappa shape index (κ1) is 15.9. The van der Waals surface area contributed by atoms with E-state index in [1.807, 2.05) is 0 Å². The minimum atomic E-state index is 0.438. The van der Waals surface area contributed by atoms with Crippen LogP contribution in [0.4, 0.5) is 0 Å². The summed E-state index contributed by atoms with van der Waals surface area (Å²) in [6.45, 7) is 13.8. The molecule has 0 aromatic rings. The van der Waals surface area contributed by atoms with Crippen LogP contribution in [0.1, 0.15) is 53.4 Å². The fraction of sp³-hybridized carbons (Fsp3) is 1.00. The van der Waals surface area contributed by atoms with E-state index in [4.69, 9.17) is 0 Å². The molecule has 16 heavy (non-hydrogen) atoms. The zero-order valence-electron chi connectivity index (χ0n) is 12.1. The van der Waals surface area contributed by atoms with Gasteiger partial charge in [0.15, 0.2) is 0 Å². The molecule has 2 heteroatoms. The highest BCUT2D eigenvalue weighted by atomic mass is 15.1. The van der Waals surface area contributed by atoms with Gasteiger partial charge in [-0.05, 0) is 38.4 Å². The second-order valence-corrected chi connectivity index (χ2v) is 5.43. The van der Waals surface area contributed by atoms with Crippen molar-refractivity contribution in [2.45, 2.75) is 53.4 Å². The van der Waals surface area contributed by atoms with Gasteiger partial charge in [-0.3, -0.25) is 0 Å². The van der Waals surface area contributed by atoms with Crippen molar-refractivity contribution >= 4 is 0 Å². The molecule has 0 bridgehead atoms. The van der Waals surface area contributed by atoms with Crippen LogP contribution >= 0.6 is 0 Å². The summed E-state index contributed by atoms with van der Waals surface area (Å²) in [4.78, 5) is 2.50. The van der Waals surface area contributed by atoms with E-state index < -0.39 is 0 Å². The predicted molar refractivity (Wildman–Crippen MR) is 74.0 cm³/mol. The third-order valence-electron chi connectivity index (χ3n) is 3.20. The second-order valence-electron chi connectivity index (χ2n) is 5.43. The van der Waals surface area contributed by atoms with Crippen LogP contribution in [-0.2, 0) is 0 Å². The fourth-order valence-corrected chi connectivity index (χ4v) is 2.41. The normalized spacial score (nSPS) is 15.4. The topological polar surface area (TPSA) is 15.3 Å². The molecule has 98 valence electrons. The number of rotatable bonds is 10. The van der Waals surface area contributed by atoms with E-state index in [9.17, 15) is 0 Å². The molecule has 0 saturated carbocycles. The van der Waals surface area contributed by atoms with E-state index in [2.05, 4.69) is 45.0 Å². The van der Waals surface area contributed by atoms with E-state index in [1.165, 1.54) is 38.8 Å². The molecular weight excluding hydrogens is 196 g/mol. The van der Waals surface area contributed by atoms with Crippen LogP contribution in [0, 0.1) is 5.41 Å². The van der Waals surface area contributed by atoms with Crippen molar-refractivity contribution in [1.82, 2.24) is 10.2 Å². The van der Waals surface area contributed by atoms with Crippen LogP contribution in [0.15, 0.2) is 0 Å². The summed E-state index contributed by atoms with van der Waals surface area (Å²) < 4.78 is 0. The predicted octanol–water partition coefficient (Wildman–Crippen LogP) is 3.13. The van der Waals surface area contributed by atoms with E-state index >= 15 is 0 Å². The summed E-state index contributed by atoms with van der Waals surface area (Å²) in [5, 5.41) is 3.51. The van der Waals surface area contributed by atoms with Crippen LogP contribution in [0.2, 0.25) is 0 Å². The zero-order valence-corrected chi connectivity index (χ0v) is 12.1. The van der Waals surface area contributed by atoms with E-state index in [1.54, 1.807) is 0 Å². The third kappa shape index (κ3) is 7.24. The van der Waals surface area contributed by atoms with Crippen molar-refractivity contribution in [2.24, 2.45) is 5.41 Å². The monoisotopic (exact) mass is 228 g/mol. The van der Waals surface area contributed by atoms with Crippen molar-refractivity contribution in [3.05, 3.63) is 0 Å². The molecular formula is C14H32N2. The zero-order chi connectivity index (χ0) is 12.4. The Balaban J connectivity index is 4.07. The number of hydrogen-bond donors (Lipinski definition) is 1. The average molecular weight is 228 g/mol. The lowest BCUT2D eigenvalue weighted by atomic mass is 9.85. The summed E-state index contributed by atoms with van der Waals surface area (Å²) in [7, 11) is 2.26. The molecule has 0 spiro atoms. The summed E-state index contributed by atoms with van der Waals surface area (Å²) in [6.07, 6.45) is 5.21. The minimum absolute atomic E-state index is 0.438. The van der Waals surface area contributed by atoms with Crippen molar-refractivity contribution in [1.29, 1.82) is 0 Å². The van der Waals surface area contributed by atoms with E-state index in [0.717, 1.165) is 13.1 Å². The highest BCUT2D eigenvalue weighted by molar-refractivity contribution is 4.79. The Morgan fingerprint density at radius 1 is 1.12 bits per heavy atom. The average Bonchev–Trinajstić information content (AvgIpc) is 2.24. The molecule has 0 fully saturated rings. The van der Waals surface area contributed by atoms with Gasteiger partial charge in [0.1, 0.15) is 0 Å². The smallest absolute Gasteiger partial charge is 0.00444 e. The van der Waals surface area contributed by atoms with Crippen molar-refractivity contribution < 1.29 is 0 Å². The van der Waals surface area contributed by atoms with Gasteiger partial charge in [0.25, 0.3) is 0 Å². The lowest BCUT2D eigenvalue weighted by molar-refractivity contribution is 0.172. The number of nitrogens with zero attached hydrogens (tertiary/aromatic N) is 1. The summed E-state index contributed by atoms with van der Waals surface area (Å²) >= 11 is 0. The van der Waals surface area contributed by atoms with Crippen LogP contribution in [0.25, 0.3) is 0 Å². The molecule has 2 nitrogen and oxygen atoms in total. The van der Waals surface area contributed by atoms with Gasteiger partial charge in [-0.25, -0.2) is 0 Å². The van der Waals surface area contributed by atoms with Crippen LogP contribution in [0.5, 0.6) is 0 Å². The molecule has 0 aliphatic rings. The fourth-order valence-electron chi connectivity index (χ4n) is 2.41. The van der Waals surface area contributed by atoms with Crippen molar-refractivity contribution in [3.63, 3.8) is 0 Å². The Labute approximate surface area is 103 Å². The molecule has 0 rings (SSSR count). The molecule has 0 aliphatic heterocycles. The molecule has 0 saturated heterocycles. The first-order valence-electron chi connectivity index (χ1n) is 6.97. The van der Waals surface area contributed by atoms with Gasteiger partial charge < -0.3 is 10.2 Å². The first-order chi connectivity index (χ1) is 7.58. The highest BCUT2D eigenvalue weighted by Gasteiger charge is 2.24. The van der Waals surface area contributed by atoms with Crippen molar-refractivity contribution in [3.8, 4) is 0 Å². The van der Waals surface area contributed by atoms with Gasteiger partial charge in [0.05, 0.1) is 0 Å². The largest absolute Gasteiger partial charge is 0.316 e. The Morgan fingerprint density at radius 3 is 2.31 bits per heavy atom. The SMILES string of the molecule is CCCCN(C)CC(C)(CCC)CNCC. The van der Waals surface area contributed by atoms with E-state index in [-0.39, 0.29) is 0 Å². The Bertz CT molecular complexity index is 159. The molecule has 0 aromatic carbocycles. The van der Waals surface area contributed by atoms with Gasteiger partial charge in [-0.1, -0.05) is 40.5 Å². The molecule has 0 radical (unpaired) electrons. The number of unbranched alkanes of at least 4 members (excludes halogenated alkanes) is 1. The maximum Gasteiger partial charge on any atom is 0.00444 e.